The first-order valence-corrected chi connectivity index (χ1v) is 8.02. The lowest BCUT2D eigenvalue weighted by atomic mass is 9.84. The molecular weight excluding hydrogens is 282 g/mol. The first-order chi connectivity index (χ1) is 9.51. The molecule has 0 aliphatic carbocycles. The van der Waals surface area contributed by atoms with Crippen LogP contribution in [0.4, 0.5) is 0 Å². The Morgan fingerprint density at radius 3 is 2.10 bits per heavy atom. The monoisotopic (exact) mass is 313 g/mol. The molecule has 3 heteroatoms. The van der Waals surface area contributed by atoms with E-state index in [1.165, 1.54) is 0 Å². The predicted octanol–water partition coefficient (Wildman–Crippen LogP) is 4.46. The summed E-state index contributed by atoms with van der Waals surface area (Å²) in [6.45, 7) is 11.8. The molecule has 0 spiro atoms. The van der Waals surface area contributed by atoms with Crippen molar-refractivity contribution in [3.8, 4) is 0 Å². The van der Waals surface area contributed by atoms with Crippen LogP contribution in [-0.2, 0) is 5.60 Å². The van der Waals surface area contributed by atoms with Crippen molar-refractivity contribution < 1.29 is 5.11 Å². The Labute approximate surface area is 137 Å². The number of halogens is 1. The van der Waals surface area contributed by atoms with Gasteiger partial charge in [-0.25, -0.2) is 0 Å². The van der Waals surface area contributed by atoms with Crippen molar-refractivity contribution in [2.45, 2.75) is 52.6 Å². The Morgan fingerprint density at radius 2 is 1.62 bits per heavy atom. The van der Waals surface area contributed by atoms with Crippen molar-refractivity contribution in [3.63, 3.8) is 0 Å². The van der Waals surface area contributed by atoms with Gasteiger partial charge in [0, 0.05) is 6.54 Å². The Hall–Kier alpha value is -0.570. The minimum Gasteiger partial charge on any atom is -0.385 e. The third-order valence-corrected chi connectivity index (χ3v) is 4.18. The standard InChI is InChI=1S/C18H31NO.ClH/c1-5-19(6-2)15-14-18(20,13-12-16(3)4)17-10-8-7-9-11-17;/h7-11,16,20H,5-6,12-15H2,1-4H3;1H. The Kier molecular flexibility index (Phi) is 9.93. The third-order valence-electron chi connectivity index (χ3n) is 4.18. The molecule has 1 rings (SSSR count). The number of hydrogen-bond acceptors (Lipinski definition) is 2. The smallest absolute Gasteiger partial charge is 0.0908 e. The lowest BCUT2D eigenvalue weighted by molar-refractivity contribution is 0.00483. The van der Waals surface area contributed by atoms with E-state index in [1.807, 2.05) is 18.2 Å². The van der Waals surface area contributed by atoms with Gasteiger partial charge in [0.25, 0.3) is 0 Å². The SMILES string of the molecule is CCN(CC)CCC(O)(CCC(C)C)c1ccccc1.Cl. The molecule has 0 radical (unpaired) electrons. The highest BCUT2D eigenvalue weighted by Gasteiger charge is 2.29. The highest BCUT2D eigenvalue weighted by molar-refractivity contribution is 5.85. The molecule has 0 amide bonds. The van der Waals surface area contributed by atoms with E-state index in [1.54, 1.807) is 0 Å². The summed E-state index contributed by atoms with van der Waals surface area (Å²) in [4.78, 5) is 2.38. The highest BCUT2D eigenvalue weighted by Crippen LogP contribution is 2.31. The van der Waals surface area contributed by atoms with Gasteiger partial charge in [0.15, 0.2) is 0 Å². The van der Waals surface area contributed by atoms with Crippen molar-refractivity contribution in [1.29, 1.82) is 0 Å². The maximum Gasteiger partial charge on any atom is 0.0908 e. The minimum atomic E-state index is -0.686. The number of hydrogen-bond donors (Lipinski definition) is 1. The Morgan fingerprint density at radius 1 is 1.05 bits per heavy atom. The van der Waals surface area contributed by atoms with Crippen molar-refractivity contribution in [1.82, 2.24) is 4.90 Å². The molecule has 2 nitrogen and oxygen atoms in total. The molecule has 122 valence electrons. The fourth-order valence-electron chi connectivity index (χ4n) is 2.57. The summed E-state index contributed by atoms with van der Waals surface area (Å²) in [7, 11) is 0. The fourth-order valence-corrected chi connectivity index (χ4v) is 2.57. The zero-order valence-electron chi connectivity index (χ0n) is 14.0. The summed E-state index contributed by atoms with van der Waals surface area (Å²) in [6, 6.07) is 10.2. The highest BCUT2D eigenvalue weighted by atomic mass is 35.5. The van der Waals surface area contributed by atoms with Gasteiger partial charge in [0.05, 0.1) is 5.60 Å². The van der Waals surface area contributed by atoms with E-state index >= 15 is 0 Å². The largest absolute Gasteiger partial charge is 0.385 e. The molecular formula is C18H32ClNO. The molecule has 1 atom stereocenters. The molecule has 0 bridgehead atoms. The molecule has 0 saturated carbocycles. The van der Waals surface area contributed by atoms with Gasteiger partial charge < -0.3 is 10.0 Å². The molecule has 0 heterocycles. The number of benzene rings is 1. The van der Waals surface area contributed by atoms with Gasteiger partial charge in [-0.3, -0.25) is 0 Å². The second kappa shape index (κ2) is 10.2. The first-order valence-electron chi connectivity index (χ1n) is 8.02. The van der Waals surface area contributed by atoms with Gasteiger partial charge >= 0.3 is 0 Å². The van der Waals surface area contributed by atoms with Crippen molar-refractivity contribution in [2.75, 3.05) is 19.6 Å². The summed E-state index contributed by atoms with van der Waals surface area (Å²) in [6.07, 6.45) is 2.71. The molecule has 0 aliphatic heterocycles. The van der Waals surface area contributed by atoms with E-state index < -0.39 is 5.60 Å². The number of rotatable bonds is 9. The van der Waals surface area contributed by atoms with Crippen LogP contribution in [0.1, 0.15) is 52.5 Å². The molecule has 0 fully saturated rings. The third kappa shape index (κ3) is 6.82. The average molecular weight is 314 g/mol. The van der Waals surface area contributed by atoms with Gasteiger partial charge in [-0.2, -0.15) is 0 Å². The zero-order chi connectivity index (χ0) is 15.0. The van der Waals surface area contributed by atoms with Crippen LogP contribution in [-0.4, -0.2) is 29.6 Å². The second-order valence-electron chi connectivity index (χ2n) is 6.11. The van der Waals surface area contributed by atoms with E-state index in [0.717, 1.165) is 44.5 Å². The summed E-state index contributed by atoms with van der Waals surface area (Å²) in [5, 5.41) is 11.1. The lowest BCUT2D eigenvalue weighted by Gasteiger charge is -2.32. The van der Waals surface area contributed by atoms with Crippen LogP contribution < -0.4 is 0 Å². The van der Waals surface area contributed by atoms with Gasteiger partial charge in [-0.1, -0.05) is 58.0 Å². The second-order valence-corrected chi connectivity index (χ2v) is 6.11. The quantitative estimate of drug-likeness (QED) is 0.727. The van der Waals surface area contributed by atoms with Gasteiger partial charge in [0.2, 0.25) is 0 Å². The van der Waals surface area contributed by atoms with Crippen LogP contribution in [0.3, 0.4) is 0 Å². The molecule has 0 aromatic heterocycles. The average Bonchev–Trinajstić information content (AvgIpc) is 2.47. The van der Waals surface area contributed by atoms with Crippen LogP contribution in [0.15, 0.2) is 30.3 Å². The number of aliphatic hydroxyl groups is 1. The summed E-state index contributed by atoms with van der Waals surface area (Å²) >= 11 is 0. The Balaban J connectivity index is 0.00000400. The number of nitrogens with zero attached hydrogens (tertiary/aromatic N) is 1. The maximum absolute atomic E-state index is 11.1. The van der Waals surface area contributed by atoms with Crippen LogP contribution in [0.5, 0.6) is 0 Å². The molecule has 0 aliphatic rings. The molecule has 1 unspecified atom stereocenters. The summed E-state index contributed by atoms with van der Waals surface area (Å²) < 4.78 is 0. The van der Waals surface area contributed by atoms with Crippen LogP contribution in [0, 0.1) is 5.92 Å². The van der Waals surface area contributed by atoms with E-state index in [0.29, 0.717) is 5.92 Å². The molecule has 21 heavy (non-hydrogen) atoms. The molecule has 1 aromatic carbocycles. The topological polar surface area (TPSA) is 23.5 Å². The van der Waals surface area contributed by atoms with Crippen LogP contribution in [0.25, 0.3) is 0 Å². The maximum atomic E-state index is 11.1. The van der Waals surface area contributed by atoms with Gasteiger partial charge in [-0.05, 0) is 43.8 Å². The summed E-state index contributed by atoms with van der Waals surface area (Å²) in [5.74, 6) is 0.624. The molecule has 0 saturated heterocycles. The fraction of sp³-hybridized carbons (Fsp3) is 0.667. The predicted molar refractivity (Wildman–Crippen MR) is 94.1 cm³/mol. The summed E-state index contributed by atoms with van der Waals surface area (Å²) in [5.41, 5.74) is 0.376. The van der Waals surface area contributed by atoms with E-state index in [-0.39, 0.29) is 12.4 Å². The Bertz CT molecular complexity index is 365. The van der Waals surface area contributed by atoms with Crippen molar-refractivity contribution in [2.24, 2.45) is 5.92 Å². The van der Waals surface area contributed by atoms with E-state index in [9.17, 15) is 5.11 Å². The van der Waals surface area contributed by atoms with E-state index in [4.69, 9.17) is 0 Å². The zero-order valence-corrected chi connectivity index (χ0v) is 14.8. The first kappa shape index (κ1) is 20.4. The molecule has 1 aromatic rings. The van der Waals surface area contributed by atoms with E-state index in [2.05, 4.69) is 44.7 Å². The molecule has 1 N–H and O–H groups in total. The lowest BCUT2D eigenvalue weighted by Crippen LogP contribution is -2.33. The minimum absolute atomic E-state index is 0. The van der Waals surface area contributed by atoms with Crippen molar-refractivity contribution >= 4 is 12.4 Å². The normalized spacial score (nSPS) is 14.0. The van der Waals surface area contributed by atoms with Crippen molar-refractivity contribution in [3.05, 3.63) is 35.9 Å². The van der Waals surface area contributed by atoms with Gasteiger partial charge in [-0.15, -0.1) is 12.4 Å². The van der Waals surface area contributed by atoms with Crippen LogP contribution in [0.2, 0.25) is 0 Å². The van der Waals surface area contributed by atoms with Gasteiger partial charge in [0.1, 0.15) is 0 Å². The van der Waals surface area contributed by atoms with Crippen LogP contribution >= 0.6 is 12.4 Å².